The summed E-state index contributed by atoms with van der Waals surface area (Å²) in [6.45, 7) is 2.93. The molecule has 29 heavy (non-hydrogen) atoms. The van der Waals surface area contributed by atoms with E-state index in [4.69, 9.17) is 4.74 Å². The molecule has 2 N–H and O–H groups in total. The van der Waals surface area contributed by atoms with Crippen LogP contribution in [0.15, 0.2) is 66.0 Å². The summed E-state index contributed by atoms with van der Waals surface area (Å²) < 4.78 is 5.42. The Balaban J connectivity index is 1.49. The minimum absolute atomic E-state index is 0.185. The van der Waals surface area contributed by atoms with Crippen molar-refractivity contribution in [3.05, 3.63) is 76.5 Å². The molecule has 1 saturated heterocycles. The lowest BCUT2D eigenvalue weighted by Gasteiger charge is -2.30. The van der Waals surface area contributed by atoms with Crippen LogP contribution in [-0.2, 0) is 4.74 Å². The molecular formula is C22H21N3O3S. The van der Waals surface area contributed by atoms with Crippen LogP contribution in [0.2, 0.25) is 0 Å². The highest BCUT2D eigenvalue weighted by Crippen LogP contribution is 2.27. The van der Waals surface area contributed by atoms with Crippen LogP contribution in [0.5, 0.6) is 0 Å². The Bertz CT molecular complexity index is 998. The molecule has 2 aromatic carbocycles. The molecular weight excluding hydrogens is 386 g/mol. The van der Waals surface area contributed by atoms with Crippen molar-refractivity contribution in [3.8, 4) is 0 Å². The lowest BCUT2D eigenvalue weighted by atomic mass is 10.1. The standard InChI is InChI=1S/C22H21N3O3S/c26-21(24-18-7-1-2-8-19(18)25-10-12-28-13-11-25)16-5-3-6-17(15-16)23-22(27)20-9-4-14-29-20/h1-9,14-15H,10-13H2,(H,23,27)(H,24,26). The Kier molecular flexibility index (Phi) is 5.88. The number of anilines is 3. The molecule has 2 amide bonds. The van der Waals surface area contributed by atoms with E-state index in [0.717, 1.165) is 24.5 Å². The molecule has 0 unspecified atom stereocenters. The van der Waals surface area contributed by atoms with Crippen LogP contribution < -0.4 is 15.5 Å². The molecule has 148 valence electrons. The van der Waals surface area contributed by atoms with Crippen LogP contribution >= 0.6 is 11.3 Å². The monoisotopic (exact) mass is 407 g/mol. The molecule has 3 aromatic rings. The van der Waals surface area contributed by atoms with Gasteiger partial charge in [-0.05, 0) is 41.8 Å². The van der Waals surface area contributed by atoms with Crippen molar-refractivity contribution in [2.75, 3.05) is 41.8 Å². The second-order valence-electron chi connectivity index (χ2n) is 6.58. The van der Waals surface area contributed by atoms with E-state index in [0.29, 0.717) is 29.3 Å². The maximum Gasteiger partial charge on any atom is 0.265 e. The molecule has 6 nitrogen and oxygen atoms in total. The second kappa shape index (κ2) is 8.89. The zero-order valence-corrected chi connectivity index (χ0v) is 16.6. The summed E-state index contributed by atoms with van der Waals surface area (Å²) >= 11 is 1.37. The Morgan fingerprint density at radius 2 is 1.72 bits per heavy atom. The average Bonchev–Trinajstić information content (AvgIpc) is 3.30. The molecule has 1 fully saturated rings. The number of hydrogen-bond acceptors (Lipinski definition) is 5. The van der Waals surface area contributed by atoms with Gasteiger partial charge in [-0.1, -0.05) is 24.3 Å². The van der Waals surface area contributed by atoms with Gasteiger partial charge in [0.25, 0.3) is 11.8 Å². The van der Waals surface area contributed by atoms with E-state index < -0.39 is 0 Å². The first kappa shape index (κ1) is 19.2. The number of rotatable bonds is 5. The first-order valence-electron chi connectivity index (χ1n) is 9.39. The van der Waals surface area contributed by atoms with Gasteiger partial charge in [-0.2, -0.15) is 0 Å². The maximum atomic E-state index is 12.9. The number of carbonyl (C=O) groups is 2. The predicted molar refractivity (Wildman–Crippen MR) is 116 cm³/mol. The quantitative estimate of drug-likeness (QED) is 0.668. The third kappa shape index (κ3) is 4.64. The van der Waals surface area contributed by atoms with Gasteiger partial charge in [0.05, 0.1) is 29.5 Å². The number of para-hydroxylation sites is 2. The van der Waals surface area contributed by atoms with Crippen molar-refractivity contribution in [1.82, 2.24) is 0 Å². The first-order valence-corrected chi connectivity index (χ1v) is 10.3. The summed E-state index contributed by atoms with van der Waals surface area (Å²) in [4.78, 5) is 27.9. The fourth-order valence-electron chi connectivity index (χ4n) is 3.19. The summed E-state index contributed by atoms with van der Waals surface area (Å²) in [6, 6.07) is 18.3. The van der Waals surface area contributed by atoms with Crippen LogP contribution in [0.4, 0.5) is 17.1 Å². The molecule has 0 aliphatic carbocycles. The molecule has 7 heteroatoms. The van der Waals surface area contributed by atoms with Gasteiger partial charge in [0.15, 0.2) is 0 Å². The van der Waals surface area contributed by atoms with Crippen molar-refractivity contribution < 1.29 is 14.3 Å². The van der Waals surface area contributed by atoms with Crippen molar-refractivity contribution in [1.29, 1.82) is 0 Å². The molecule has 0 spiro atoms. The van der Waals surface area contributed by atoms with Crippen LogP contribution in [0.25, 0.3) is 0 Å². The molecule has 4 rings (SSSR count). The lowest BCUT2D eigenvalue weighted by molar-refractivity contribution is 0.101. The van der Waals surface area contributed by atoms with Crippen molar-refractivity contribution >= 4 is 40.2 Å². The van der Waals surface area contributed by atoms with Gasteiger partial charge >= 0.3 is 0 Å². The van der Waals surface area contributed by atoms with Gasteiger partial charge in [0.1, 0.15) is 0 Å². The van der Waals surface area contributed by atoms with Gasteiger partial charge in [-0.25, -0.2) is 0 Å². The number of hydrogen-bond donors (Lipinski definition) is 2. The Hall–Kier alpha value is -3.16. The zero-order chi connectivity index (χ0) is 20.1. The number of ether oxygens (including phenoxy) is 1. The zero-order valence-electron chi connectivity index (χ0n) is 15.8. The van der Waals surface area contributed by atoms with Gasteiger partial charge in [-0.3, -0.25) is 9.59 Å². The largest absolute Gasteiger partial charge is 0.378 e. The van der Waals surface area contributed by atoms with E-state index in [-0.39, 0.29) is 11.8 Å². The number of thiophene rings is 1. The summed E-state index contributed by atoms with van der Waals surface area (Å²) in [5.41, 5.74) is 2.79. The highest BCUT2D eigenvalue weighted by molar-refractivity contribution is 7.12. The van der Waals surface area contributed by atoms with Gasteiger partial charge < -0.3 is 20.3 Å². The SMILES string of the molecule is O=C(Nc1ccccc1N1CCOCC1)c1cccc(NC(=O)c2cccs2)c1. The van der Waals surface area contributed by atoms with Gasteiger partial charge in [-0.15, -0.1) is 11.3 Å². The Labute approximate surface area is 173 Å². The lowest BCUT2D eigenvalue weighted by Crippen LogP contribution is -2.36. The predicted octanol–water partition coefficient (Wildman–Crippen LogP) is 4.09. The first-order chi connectivity index (χ1) is 14.2. The van der Waals surface area contributed by atoms with E-state index in [9.17, 15) is 9.59 Å². The van der Waals surface area contributed by atoms with Crippen molar-refractivity contribution in [3.63, 3.8) is 0 Å². The number of nitrogens with zero attached hydrogens (tertiary/aromatic N) is 1. The minimum Gasteiger partial charge on any atom is -0.378 e. The topological polar surface area (TPSA) is 70.7 Å². The summed E-state index contributed by atoms with van der Waals surface area (Å²) in [5, 5.41) is 7.69. The molecule has 1 aromatic heterocycles. The number of nitrogens with one attached hydrogen (secondary N) is 2. The van der Waals surface area contributed by atoms with Crippen LogP contribution in [0.1, 0.15) is 20.0 Å². The molecule has 1 aliphatic rings. The molecule has 0 bridgehead atoms. The fourth-order valence-corrected chi connectivity index (χ4v) is 3.81. The molecule has 1 aliphatic heterocycles. The normalized spacial score (nSPS) is 13.7. The van der Waals surface area contributed by atoms with Crippen LogP contribution in [0.3, 0.4) is 0 Å². The smallest absolute Gasteiger partial charge is 0.265 e. The van der Waals surface area contributed by atoms with Crippen molar-refractivity contribution in [2.24, 2.45) is 0 Å². The summed E-state index contributed by atoms with van der Waals surface area (Å²) in [5.74, 6) is -0.409. The number of benzene rings is 2. The van der Waals surface area contributed by atoms with E-state index in [2.05, 4.69) is 15.5 Å². The molecule has 2 heterocycles. The number of morpholine rings is 1. The molecule has 0 atom stereocenters. The average molecular weight is 407 g/mol. The van der Waals surface area contributed by atoms with Crippen LogP contribution in [-0.4, -0.2) is 38.1 Å². The van der Waals surface area contributed by atoms with Gasteiger partial charge in [0.2, 0.25) is 0 Å². The minimum atomic E-state index is -0.224. The fraction of sp³-hybridized carbons (Fsp3) is 0.182. The molecule has 0 saturated carbocycles. The summed E-state index contributed by atoms with van der Waals surface area (Å²) in [7, 11) is 0. The number of amides is 2. The van der Waals surface area contributed by atoms with E-state index in [1.54, 1.807) is 30.3 Å². The number of carbonyl (C=O) groups excluding carboxylic acids is 2. The Morgan fingerprint density at radius 1 is 0.897 bits per heavy atom. The summed E-state index contributed by atoms with van der Waals surface area (Å²) in [6.07, 6.45) is 0. The van der Waals surface area contributed by atoms with E-state index >= 15 is 0 Å². The van der Waals surface area contributed by atoms with Gasteiger partial charge in [0, 0.05) is 24.3 Å². The van der Waals surface area contributed by atoms with E-state index in [1.165, 1.54) is 11.3 Å². The Morgan fingerprint density at radius 3 is 2.52 bits per heavy atom. The highest BCUT2D eigenvalue weighted by Gasteiger charge is 2.16. The van der Waals surface area contributed by atoms with Crippen LogP contribution in [0, 0.1) is 0 Å². The van der Waals surface area contributed by atoms with Crippen molar-refractivity contribution in [2.45, 2.75) is 0 Å². The molecule has 0 radical (unpaired) electrons. The van der Waals surface area contributed by atoms with E-state index in [1.807, 2.05) is 35.7 Å². The third-order valence-corrected chi connectivity index (χ3v) is 5.50. The highest BCUT2D eigenvalue weighted by atomic mass is 32.1. The second-order valence-corrected chi connectivity index (χ2v) is 7.53. The third-order valence-electron chi connectivity index (χ3n) is 4.63. The maximum absolute atomic E-state index is 12.9.